The van der Waals surface area contributed by atoms with Crippen molar-refractivity contribution in [3.63, 3.8) is 0 Å². The van der Waals surface area contributed by atoms with Gasteiger partial charge in [0.1, 0.15) is 11.6 Å². The first kappa shape index (κ1) is 25.3. The number of piperazine rings is 1. The number of pyridine rings is 1. The maximum atomic E-state index is 13.5. The zero-order valence-electron chi connectivity index (χ0n) is 20.5. The van der Waals surface area contributed by atoms with Gasteiger partial charge in [-0.2, -0.15) is 28.1 Å². The summed E-state index contributed by atoms with van der Waals surface area (Å²) in [5, 5.41) is 3.22. The van der Waals surface area contributed by atoms with Crippen LogP contribution in [-0.4, -0.2) is 66.3 Å². The molecule has 9 nitrogen and oxygen atoms in total. The van der Waals surface area contributed by atoms with E-state index >= 15 is 0 Å². The highest BCUT2D eigenvalue weighted by Crippen LogP contribution is 2.35. The number of ether oxygens (including phenoxy) is 1. The van der Waals surface area contributed by atoms with Gasteiger partial charge in [0.2, 0.25) is 17.8 Å². The molecule has 192 valence electrons. The van der Waals surface area contributed by atoms with Crippen LogP contribution in [0.4, 0.5) is 42.5 Å². The maximum absolute atomic E-state index is 13.5. The van der Waals surface area contributed by atoms with Gasteiger partial charge in [-0.05, 0) is 38.1 Å². The van der Waals surface area contributed by atoms with Crippen LogP contribution in [0.5, 0.6) is 5.75 Å². The van der Waals surface area contributed by atoms with E-state index in [1.165, 1.54) is 12.3 Å². The minimum Gasteiger partial charge on any atom is -0.497 e. The summed E-state index contributed by atoms with van der Waals surface area (Å²) in [4.78, 5) is 23.6. The van der Waals surface area contributed by atoms with Crippen molar-refractivity contribution < 1.29 is 17.9 Å². The maximum Gasteiger partial charge on any atom is 0.419 e. The summed E-state index contributed by atoms with van der Waals surface area (Å²) in [7, 11) is 1.60. The van der Waals surface area contributed by atoms with E-state index in [1.54, 1.807) is 12.0 Å². The molecule has 0 bridgehead atoms. The fourth-order valence-corrected chi connectivity index (χ4v) is 4.02. The van der Waals surface area contributed by atoms with Crippen LogP contribution in [0.2, 0.25) is 0 Å². The first-order chi connectivity index (χ1) is 17.3. The van der Waals surface area contributed by atoms with Crippen LogP contribution in [0, 0.1) is 0 Å². The van der Waals surface area contributed by atoms with E-state index in [0.717, 1.165) is 11.8 Å². The molecule has 0 saturated carbocycles. The van der Waals surface area contributed by atoms with Crippen molar-refractivity contribution >= 4 is 29.4 Å². The Morgan fingerprint density at radius 2 is 1.69 bits per heavy atom. The van der Waals surface area contributed by atoms with Crippen LogP contribution < -0.4 is 24.8 Å². The van der Waals surface area contributed by atoms with Gasteiger partial charge in [0.15, 0.2) is 0 Å². The van der Waals surface area contributed by atoms with Gasteiger partial charge in [-0.1, -0.05) is 6.07 Å². The number of halogens is 3. The Bertz CT molecular complexity index is 1160. The molecule has 1 fully saturated rings. The summed E-state index contributed by atoms with van der Waals surface area (Å²) in [6.45, 7) is 7.05. The number of benzene rings is 1. The molecule has 4 rings (SSSR count). The van der Waals surface area contributed by atoms with Gasteiger partial charge in [-0.3, -0.25) is 0 Å². The smallest absolute Gasteiger partial charge is 0.419 e. The molecule has 12 heteroatoms. The lowest BCUT2D eigenvalue weighted by Crippen LogP contribution is -2.48. The quantitative estimate of drug-likeness (QED) is 0.487. The van der Waals surface area contributed by atoms with E-state index in [2.05, 4.69) is 25.3 Å². The lowest BCUT2D eigenvalue weighted by molar-refractivity contribution is -0.137. The Hall–Kier alpha value is -3.83. The fraction of sp³-hybridized carbons (Fsp3) is 0.417. The molecule has 1 aromatic carbocycles. The number of alkyl halides is 3. The minimum absolute atomic E-state index is 0.0514. The molecular formula is C24H29F3N8O. The van der Waals surface area contributed by atoms with E-state index < -0.39 is 11.7 Å². The van der Waals surface area contributed by atoms with E-state index in [9.17, 15) is 13.2 Å². The largest absolute Gasteiger partial charge is 0.497 e. The number of hydrogen-bond donors (Lipinski definition) is 1. The summed E-state index contributed by atoms with van der Waals surface area (Å²) in [6, 6.07) is 9.79. The van der Waals surface area contributed by atoms with Crippen LogP contribution in [0.25, 0.3) is 0 Å². The van der Waals surface area contributed by atoms with E-state index in [1.807, 2.05) is 47.9 Å². The minimum atomic E-state index is -4.46. The number of hydrogen-bond acceptors (Lipinski definition) is 9. The summed E-state index contributed by atoms with van der Waals surface area (Å²) < 4.78 is 45.7. The average molecular weight is 503 g/mol. The van der Waals surface area contributed by atoms with E-state index in [0.29, 0.717) is 62.9 Å². The third-order valence-electron chi connectivity index (χ3n) is 5.94. The van der Waals surface area contributed by atoms with Gasteiger partial charge in [0.05, 0.1) is 12.7 Å². The molecule has 0 spiro atoms. The Morgan fingerprint density at radius 1 is 0.972 bits per heavy atom. The van der Waals surface area contributed by atoms with Gasteiger partial charge in [-0.15, -0.1) is 0 Å². The molecule has 3 heterocycles. The van der Waals surface area contributed by atoms with E-state index in [4.69, 9.17) is 4.74 Å². The van der Waals surface area contributed by atoms with Crippen LogP contribution >= 0.6 is 0 Å². The molecule has 36 heavy (non-hydrogen) atoms. The molecule has 0 amide bonds. The number of aromatic nitrogens is 4. The normalized spacial score (nSPS) is 14.1. The van der Waals surface area contributed by atoms with Crippen molar-refractivity contribution in [2.24, 2.45) is 0 Å². The van der Waals surface area contributed by atoms with Gasteiger partial charge < -0.3 is 24.8 Å². The first-order valence-electron chi connectivity index (χ1n) is 11.8. The topological polar surface area (TPSA) is 82.5 Å². The van der Waals surface area contributed by atoms with Crippen LogP contribution in [-0.2, 0) is 6.18 Å². The highest BCUT2D eigenvalue weighted by Gasteiger charge is 2.36. The number of methoxy groups -OCH3 is 1. The van der Waals surface area contributed by atoms with Gasteiger partial charge in [0.25, 0.3) is 0 Å². The molecule has 0 aliphatic carbocycles. The Balaban J connectivity index is 1.57. The molecule has 3 aromatic rings. The average Bonchev–Trinajstić information content (AvgIpc) is 2.89. The number of rotatable bonds is 8. The van der Waals surface area contributed by atoms with Crippen LogP contribution in [0.3, 0.4) is 0 Å². The van der Waals surface area contributed by atoms with Crippen LogP contribution in [0.15, 0.2) is 42.6 Å². The lowest BCUT2D eigenvalue weighted by Gasteiger charge is -2.36. The molecule has 1 aliphatic rings. The predicted molar refractivity (Wildman–Crippen MR) is 133 cm³/mol. The molecule has 1 aliphatic heterocycles. The fourth-order valence-electron chi connectivity index (χ4n) is 4.02. The van der Waals surface area contributed by atoms with Crippen molar-refractivity contribution in [3.8, 4) is 5.75 Å². The number of nitrogens with zero attached hydrogens (tertiary/aromatic N) is 7. The third kappa shape index (κ3) is 5.69. The van der Waals surface area contributed by atoms with Gasteiger partial charge in [0, 0.05) is 57.2 Å². The molecule has 1 saturated heterocycles. The zero-order chi connectivity index (χ0) is 25.7. The van der Waals surface area contributed by atoms with Crippen molar-refractivity contribution in [2.45, 2.75) is 20.0 Å². The summed E-state index contributed by atoms with van der Waals surface area (Å²) in [5.41, 5.74) is 0.0313. The molecule has 2 aromatic heterocycles. The van der Waals surface area contributed by atoms with Crippen LogP contribution in [0.1, 0.15) is 19.4 Å². The number of anilines is 5. The van der Waals surface area contributed by atoms with Crippen molar-refractivity contribution in [1.29, 1.82) is 0 Å². The molecule has 0 atom stereocenters. The van der Waals surface area contributed by atoms with Crippen molar-refractivity contribution in [2.75, 3.05) is 66.4 Å². The van der Waals surface area contributed by atoms with E-state index in [-0.39, 0.29) is 5.82 Å². The summed E-state index contributed by atoms with van der Waals surface area (Å²) in [5.74, 6) is 2.02. The second-order valence-corrected chi connectivity index (χ2v) is 8.13. The highest BCUT2D eigenvalue weighted by atomic mass is 19.4. The predicted octanol–water partition coefficient (Wildman–Crippen LogP) is 4.21. The second-order valence-electron chi connectivity index (χ2n) is 8.13. The van der Waals surface area contributed by atoms with Crippen molar-refractivity contribution in [1.82, 2.24) is 19.9 Å². The molecule has 0 radical (unpaired) electrons. The first-order valence-corrected chi connectivity index (χ1v) is 11.8. The highest BCUT2D eigenvalue weighted by molar-refractivity contribution is 5.58. The standard InChI is InChI=1S/C24H29F3N8O/c1-4-33(5-2)22-30-21(29-17-8-6-9-18(16-17)36-3)31-23(32-22)35-14-12-34(13-15-35)20-19(24(25,26)27)10-7-11-28-20/h6-11,16H,4-5,12-15H2,1-3H3,(H,29,30,31,32). The molecule has 0 unspecified atom stereocenters. The third-order valence-corrected chi connectivity index (χ3v) is 5.94. The Kier molecular flexibility index (Phi) is 7.61. The van der Waals surface area contributed by atoms with Gasteiger partial charge in [-0.25, -0.2) is 4.98 Å². The van der Waals surface area contributed by atoms with Crippen molar-refractivity contribution in [3.05, 3.63) is 48.2 Å². The summed E-state index contributed by atoms with van der Waals surface area (Å²) in [6.07, 6.45) is -3.08. The monoisotopic (exact) mass is 502 g/mol. The Morgan fingerprint density at radius 3 is 2.36 bits per heavy atom. The SMILES string of the molecule is CCN(CC)c1nc(Nc2cccc(OC)c2)nc(N2CCN(c3ncccc3C(F)(F)F)CC2)n1. The Labute approximate surface area is 208 Å². The summed E-state index contributed by atoms with van der Waals surface area (Å²) >= 11 is 0. The zero-order valence-corrected chi connectivity index (χ0v) is 20.5. The molecule has 1 N–H and O–H groups in total. The second kappa shape index (κ2) is 10.8. The van der Waals surface area contributed by atoms with Gasteiger partial charge >= 0.3 is 6.18 Å². The number of nitrogens with one attached hydrogen (secondary N) is 1. The molecular weight excluding hydrogens is 473 g/mol. The lowest BCUT2D eigenvalue weighted by atomic mass is 10.2.